The molecule has 12 heteroatoms. The molecule has 2 aliphatic rings. The number of nitrogens with zero attached hydrogens (tertiary/aromatic N) is 2. The molecule has 1 saturated carbocycles. The van der Waals surface area contributed by atoms with Gasteiger partial charge in [-0.05, 0) is 49.2 Å². The molecule has 1 saturated heterocycles. The van der Waals surface area contributed by atoms with Gasteiger partial charge in [0.1, 0.15) is 5.82 Å². The zero-order chi connectivity index (χ0) is 24.2. The fraction of sp³-hybridized carbons (Fsp3) is 0.333. The average molecular weight is 468 g/mol. The highest BCUT2D eigenvalue weighted by Crippen LogP contribution is 2.58. The summed E-state index contributed by atoms with van der Waals surface area (Å²) in [6.45, 7) is 1.18. The third-order valence-electron chi connectivity index (χ3n) is 5.45. The number of carboxylic acid groups (broad SMARTS) is 1. The maximum atomic E-state index is 12.9. The molecule has 2 atom stereocenters. The van der Waals surface area contributed by atoms with Gasteiger partial charge in [0.05, 0.1) is 11.9 Å². The van der Waals surface area contributed by atoms with Crippen LogP contribution in [0.3, 0.4) is 0 Å². The minimum atomic E-state index is -5.08. The lowest BCUT2D eigenvalue weighted by atomic mass is 10.0. The summed E-state index contributed by atoms with van der Waals surface area (Å²) in [7, 11) is 0. The second-order valence-corrected chi connectivity index (χ2v) is 7.76. The zero-order valence-electron chi connectivity index (χ0n) is 17.1. The lowest BCUT2D eigenvalue weighted by Crippen LogP contribution is -2.33. The number of aliphatic carboxylic acids is 1. The highest BCUT2D eigenvalue weighted by Gasteiger charge is 2.61. The summed E-state index contributed by atoms with van der Waals surface area (Å²) in [5.74, 6) is -3.19. The number of amides is 3. The number of pyridine rings is 1. The third-order valence-corrected chi connectivity index (χ3v) is 5.45. The number of nitrogens with one attached hydrogen (secondary N) is 2. The van der Waals surface area contributed by atoms with Gasteiger partial charge in [0.15, 0.2) is 0 Å². The molecule has 1 aromatic heterocycles. The van der Waals surface area contributed by atoms with Crippen molar-refractivity contribution in [1.29, 1.82) is 0 Å². The molecule has 4 rings (SSSR count). The standard InChI is InChI=1S/C19H19FN4O2.C2HF3O2/c20-13-3-5-14(6-4-13)23-18(26)24-9-7-19(12-24)10-16(19)17(25)22-15-2-1-8-21-11-15;3-2(4,5)1(6)7/h1-6,8,11,16H,7,9-10,12H2,(H,22,25)(H,23,26);(H,6,7). The van der Waals surface area contributed by atoms with Gasteiger partial charge in [-0.25, -0.2) is 14.0 Å². The summed E-state index contributed by atoms with van der Waals surface area (Å²) in [6.07, 6.45) is -0.207. The number of carbonyl (C=O) groups is 3. The van der Waals surface area contributed by atoms with Crippen molar-refractivity contribution in [3.63, 3.8) is 0 Å². The van der Waals surface area contributed by atoms with Crippen LogP contribution in [0, 0.1) is 17.2 Å². The first-order chi connectivity index (χ1) is 15.5. The molecule has 2 heterocycles. The smallest absolute Gasteiger partial charge is 0.475 e. The van der Waals surface area contributed by atoms with Crippen LogP contribution < -0.4 is 10.6 Å². The molecule has 0 radical (unpaired) electrons. The van der Waals surface area contributed by atoms with E-state index in [-0.39, 0.29) is 29.1 Å². The van der Waals surface area contributed by atoms with Gasteiger partial charge in [-0.1, -0.05) is 0 Å². The van der Waals surface area contributed by atoms with Crippen LogP contribution in [0.1, 0.15) is 12.8 Å². The topological polar surface area (TPSA) is 112 Å². The second kappa shape index (κ2) is 9.43. The molecule has 1 aliphatic carbocycles. The first kappa shape index (κ1) is 24.0. The van der Waals surface area contributed by atoms with E-state index in [2.05, 4.69) is 15.6 Å². The number of urea groups is 1. The maximum Gasteiger partial charge on any atom is 0.490 e. The quantitative estimate of drug-likeness (QED) is 0.595. The van der Waals surface area contributed by atoms with Gasteiger partial charge in [-0.2, -0.15) is 13.2 Å². The number of likely N-dealkylation sites (tertiary alicyclic amines) is 1. The van der Waals surface area contributed by atoms with Gasteiger partial charge in [0, 0.05) is 36.3 Å². The van der Waals surface area contributed by atoms with Crippen molar-refractivity contribution >= 4 is 29.3 Å². The van der Waals surface area contributed by atoms with E-state index in [0.29, 0.717) is 24.5 Å². The van der Waals surface area contributed by atoms with Gasteiger partial charge in [-0.15, -0.1) is 0 Å². The largest absolute Gasteiger partial charge is 0.490 e. The summed E-state index contributed by atoms with van der Waals surface area (Å²) in [5, 5.41) is 12.8. The van der Waals surface area contributed by atoms with E-state index in [0.717, 1.165) is 12.8 Å². The normalized spacial score (nSPS) is 21.1. The Balaban J connectivity index is 0.000000383. The lowest BCUT2D eigenvalue weighted by Gasteiger charge is -2.17. The molecule has 0 bridgehead atoms. The number of aromatic nitrogens is 1. The first-order valence-corrected chi connectivity index (χ1v) is 9.83. The Labute approximate surface area is 185 Å². The van der Waals surface area contributed by atoms with E-state index in [9.17, 15) is 27.2 Å². The van der Waals surface area contributed by atoms with E-state index < -0.39 is 12.1 Å². The minimum absolute atomic E-state index is 0.0150. The van der Waals surface area contributed by atoms with Crippen LogP contribution in [0.4, 0.5) is 33.7 Å². The minimum Gasteiger partial charge on any atom is -0.475 e. The second-order valence-electron chi connectivity index (χ2n) is 7.76. The molecular weight excluding hydrogens is 448 g/mol. The van der Waals surface area contributed by atoms with Crippen LogP contribution in [-0.2, 0) is 9.59 Å². The number of carboxylic acids is 1. The molecule has 2 fully saturated rings. The first-order valence-electron chi connectivity index (χ1n) is 9.83. The molecule has 3 amide bonds. The van der Waals surface area contributed by atoms with E-state index in [4.69, 9.17) is 9.90 Å². The van der Waals surface area contributed by atoms with E-state index in [1.807, 2.05) is 0 Å². The van der Waals surface area contributed by atoms with Crippen LogP contribution in [0.2, 0.25) is 0 Å². The van der Waals surface area contributed by atoms with Gasteiger partial charge in [0.2, 0.25) is 5.91 Å². The number of halogens is 4. The Hall–Kier alpha value is -3.70. The van der Waals surface area contributed by atoms with Gasteiger partial charge < -0.3 is 20.6 Å². The van der Waals surface area contributed by atoms with Gasteiger partial charge >= 0.3 is 18.2 Å². The number of carbonyl (C=O) groups excluding carboxylic acids is 2. The van der Waals surface area contributed by atoms with Crippen molar-refractivity contribution in [2.75, 3.05) is 23.7 Å². The van der Waals surface area contributed by atoms with Crippen LogP contribution in [-0.4, -0.2) is 52.2 Å². The highest BCUT2D eigenvalue weighted by molar-refractivity contribution is 5.95. The molecule has 1 aromatic carbocycles. The number of anilines is 2. The molecular formula is C21H20F4N4O4. The summed E-state index contributed by atoms with van der Waals surface area (Å²) in [6, 6.07) is 9.03. The predicted molar refractivity (Wildman–Crippen MR) is 109 cm³/mol. The van der Waals surface area contributed by atoms with Crippen LogP contribution >= 0.6 is 0 Å². The highest BCUT2D eigenvalue weighted by atomic mass is 19.4. The van der Waals surface area contributed by atoms with Crippen LogP contribution in [0.5, 0.6) is 0 Å². The monoisotopic (exact) mass is 468 g/mol. The van der Waals surface area contributed by atoms with Crippen molar-refractivity contribution in [3.05, 3.63) is 54.6 Å². The molecule has 8 nitrogen and oxygen atoms in total. The Morgan fingerprint density at radius 1 is 1.09 bits per heavy atom. The van der Waals surface area contributed by atoms with Crippen LogP contribution in [0.15, 0.2) is 48.8 Å². The van der Waals surface area contributed by atoms with E-state index in [1.165, 1.54) is 24.3 Å². The fourth-order valence-corrected chi connectivity index (χ4v) is 3.64. The molecule has 33 heavy (non-hydrogen) atoms. The van der Waals surface area contributed by atoms with Gasteiger partial charge in [0.25, 0.3) is 0 Å². The average Bonchev–Trinajstić information content (AvgIpc) is 3.29. The fourth-order valence-electron chi connectivity index (χ4n) is 3.64. The van der Waals surface area contributed by atoms with Crippen molar-refractivity contribution < 1.29 is 37.1 Å². The van der Waals surface area contributed by atoms with Gasteiger partial charge in [-0.3, -0.25) is 9.78 Å². The Kier molecular flexibility index (Phi) is 6.84. The number of hydrogen-bond acceptors (Lipinski definition) is 4. The summed E-state index contributed by atoms with van der Waals surface area (Å²) in [5.41, 5.74) is 1.12. The van der Waals surface area contributed by atoms with Crippen molar-refractivity contribution in [3.8, 4) is 0 Å². The lowest BCUT2D eigenvalue weighted by molar-refractivity contribution is -0.192. The molecule has 2 aromatic rings. The van der Waals surface area contributed by atoms with Crippen LogP contribution in [0.25, 0.3) is 0 Å². The van der Waals surface area contributed by atoms with Crippen molar-refractivity contribution in [2.45, 2.75) is 19.0 Å². The van der Waals surface area contributed by atoms with E-state index >= 15 is 0 Å². The summed E-state index contributed by atoms with van der Waals surface area (Å²) >= 11 is 0. The Bertz CT molecular complexity index is 1020. The maximum absolute atomic E-state index is 12.9. The molecule has 1 spiro atoms. The Morgan fingerprint density at radius 3 is 2.33 bits per heavy atom. The molecule has 1 aliphatic heterocycles. The summed E-state index contributed by atoms with van der Waals surface area (Å²) < 4.78 is 44.7. The Morgan fingerprint density at radius 2 is 1.76 bits per heavy atom. The molecule has 2 unspecified atom stereocenters. The molecule has 176 valence electrons. The molecule has 3 N–H and O–H groups in total. The summed E-state index contributed by atoms with van der Waals surface area (Å²) in [4.78, 5) is 39.4. The number of alkyl halides is 3. The SMILES string of the molecule is O=C(Nc1cccnc1)C1CC12CCN(C(=O)Nc1ccc(F)cc1)C2.O=C(O)C(F)(F)F. The number of rotatable bonds is 3. The van der Waals surface area contributed by atoms with Crippen molar-refractivity contribution in [1.82, 2.24) is 9.88 Å². The zero-order valence-corrected chi connectivity index (χ0v) is 17.1. The number of hydrogen-bond donors (Lipinski definition) is 3. The number of benzene rings is 1. The van der Waals surface area contributed by atoms with E-state index in [1.54, 1.807) is 29.4 Å². The van der Waals surface area contributed by atoms with Crippen molar-refractivity contribution in [2.24, 2.45) is 11.3 Å². The third kappa shape index (κ3) is 6.18. The predicted octanol–water partition coefficient (Wildman–Crippen LogP) is 3.74.